The number of hydrogen-bond donors (Lipinski definition) is 0. The molecule has 0 N–H and O–H groups in total. The second kappa shape index (κ2) is 8.12. The molecule has 0 aromatic heterocycles. The number of rotatable bonds is 8. The fourth-order valence-electron chi connectivity index (χ4n) is 1.09. The van der Waals surface area contributed by atoms with Gasteiger partial charge in [0.05, 0.1) is 12.7 Å². The first-order chi connectivity index (χ1) is 6.58. The van der Waals surface area contributed by atoms with E-state index in [0.717, 1.165) is 18.6 Å². The van der Waals surface area contributed by atoms with E-state index in [2.05, 4.69) is 20.8 Å². The maximum Gasteiger partial charge on any atom is 0.247 e. The van der Waals surface area contributed by atoms with E-state index in [1.807, 2.05) is 6.92 Å². The molecule has 0 radical (unpaired) electrons. The fourth-order valence-corrected chi connectivity index (χ4v) is 6.29. The van der Waals surface area contributed by atoms with E-state index < -0.39 is 5.69 Å². The van der Waals surface area contributed by atoms with Gasteiger partial charge in [-0.3, -0.25) is 0 Å². The maximum absolute atomic E-state index is 5.83. The fraction of sp³-hybridized carbons (Fsp3) is 1.00. The summed E-state index contributed by atoms with van der Waals surface area (Å²) in [6, 6.07) is 0. The van der Waals surface area contributed by atoms with Crippen LogP contribution in [0.2, 0.25) is 0 Å². The van der Waals surface area contributed by atoms with Crippen molar-refractivity contribution in [2.45, 2.75) is 46.6 Å². The van der Waals surface area contributed by atoms with Gasteiger partial charge in [0, 0.05) is 0 Å². The quantitative estimate of drug-likeness (QED) is 0.605. The van der Waals surface area contributed by atoms with Gasteiger partial charge < -0.3 is 9.05 Å². The maximum atomic E-state index is 5.83. The second-order valence-electron chi connectivity index (χ2n) is 2.99. The SMILES string of the molecule is CCCC(C)OP(=S)(OCC)SCC. The van der Waals surface area contributed by atoms with Crippen molar-refractivity contribution in [1.29, 1.82) is 0 Å². The molecule has 2 atom stereocenters. The van der Waals surface area contributed by atoms with Crippen LogP contribution in [-0.2, 0) is 20.9 Å². The normalized spacial score (nSPS) is 17.7. The molecule has 2 nitrogen and oxygen atoms in total. The first-order valence-electron chi connectivity index (χ1n) is 5.15. The highest BCUT2D eigenvalue weighted by atomic mass is 32.9. The standard InChI is InChI=1S/C9H21O2PS2/c1-5-8-9(4)11-12(13,10-6-2)14-7-3/h9H,5-8H2,1-4H3. The van der Waals surface area contributed by atoms with Crippen LogP contribution in [0.25, 0.3) is 0 Å². The zero-order valence-corrected chi connectivity index (χ0v) is 12.0. The summed E-state index contributed by atoms with van der Waals surface area (Å²) >= 11 is 7.06. The van der Waals surface area contributed by atoms with Gasteiger partial charge in [-0.05, 0) is 37.8 Å². The van der Waals surface area contributed by atoms with Crippen molar-refractivity contribution >= 4 is 28.9 Å². The largest absolute Gasteiger partial charge is 0.322 e. The van der Waals surface area contributed by atoms with Gasteiger partial charge in [-0.15, -0.1) is 0 Å². The molecule has 0 aliphatic heterocycles. The predicted molar refractivity (Wildman–Crippen MR) is 69.5 cm³/mol. The molecule has 5 heteroatoms. The van der Waals surface area contributed by atoms with Gasteiger partial charge >= 0.3 is 0 Å². The van der Waals surface area contributed by atoms with E-state index in [4.69, 9.17) is 20.9 Å². The molecule has 0 fully saturated rings. The summed E-state index contributed by atoms with van der Waals surface area (Å²) in [5, 5.41) is 0. The Bertz CT molecular complexity index is 178. The molecule has 14 heavy (non-hydrogen) atoms. The molecule has 0 aromatic rings. The minimum absolute atomic E-state index is 0.219. The van der Waals surface area contributed by atoms with Crippen LogP contribution >= 0.6 is 17.1 Å². The van der Waals surface area contributed by atoms with Gasteiger partial charge in [-0.1, -0.05) is 31.7 Å². The van der Waals surface area contributed by atoms with Crippen molar-refractivity contribution in [1.82, 2.24) is 0 Å². The van der Waals surface area contributed by atoms with Crippen molar-refractivity contribution in [2.24, 2.45) is 0 Å². The van der Waals surface area contributed by atoms with Crippen molar-refractivity contribution in [3.8, 4) is 0 Å². The van der Waals surface area contributed by atoms with E-state index in [0.29, 0.717) is 6.61 Å². The van der Waals surface area contributed by atoms with Gasteiger partial charge in [0.15, 0.2) is 0 Å². The Morgan fingerprint density at radius 1 is 1.36 bits per heavy atom. The molecular formula is C9H21O2PS2. The Morgan fingerprint density at radius 3 is 2.43 bits per heavy atom. The average Bonchev–Trinajstić information content (AvgIpc) is 2.04. The minimum atomic E-state index is -2.06. The molecule has 0 aliphatic carbocycles. The van der Waals surface area contributed by atoms with Crippen molar-refractivity contribution < 1.29 is 9.05 Å². The molecule has 0 aromatic carbocycles. The summed E-state index contributed by atoms with van der Waals surface area (Å²) in [6.45, 7) is 8.91. The highest BCUT2D eigenvalue weighted by Gasteiger charge is 2.21. The predicted octanol–water partition coefficient (Wildman–Crippen LogP) is 4.21. The zero-order valence-electron chi connectivity index (χ0n) is 9.49. The molecule has 2 unspecified atom stereocenters. The third-order valence-corrected chi connectivity index (χ3v) is 7.17. The Labute approximate surface area is 97.1 Å². The van der Waals surface area contributed by atoms with E-state index in [9.17, 15) is 0 Å². The topological polar surface area (TPSA) is 18.5 Å². The third-order valence-electron chi connectivity index (χ3n) is 1.58. The van der Waals surface area contributed by atoms with Crippen molar-refractivity contribution in [3.63, 3.8) is 0 Å². The summed E-state index contributed by atoms with van der Waals surface area (Å²) in [5.74, 6) is 0.954. The summed E-state index contributed by atoms with van der Waals surface area (Å²) in [4.78, 5) is 0. The molecule has 86 valence electrons. The molecule has 0 rings (SSSR count). The van der Waals surface area contributed by atoms with Crippen LogP contribution in [0.5, 0.6) is 0 Å². The average molecular weight is 256 g/mol. The van der Waals surface area contributed by atoms with Crippen molar-refractivity contribution in [3.05, 3.63) is 0 Å². The lowest BCUT2D eigenvalue weighted by Crippen LogP contribution is -2.06. The third kappa shape index (κ3) is 6.41. The van der Waals surface area contributed by atoms with Crippen LogP contribution < -0.4 is 0 Å². The van der Waals surface area contributed by atoms with E-state index >= 15 is 0 Å². The highest BCUT2D eigenvalue weighted by molar-refractivity contribution is 8.67. The van der Waals surface area contributed by atoms with Crippen LogP contribution in [0, 0.1) is 0 Å². The monoisotopic (exact) mass is 256 g/mol. The van der Waals surface area contributed by atoms with E-state index in [1.165, 1.54) is 0 Å². The molecule has 0 bridgehead atoms. The zero-order chi connectivity index (χ0) is 11.0. The Balaban J connectivity index is 4.13. The summed E-state index contributed by atoms with van der Waals surface area (Å²) in [6.07, 6.45) is 2.39. The lowest BCUT2D eigenvalue weighted by Gasteiger charge is -2.24. The molecule has 0 saturated heterocycles. The van der Waals surface area contributed by atoms with Crippen molar-refractivity contribution in [2.75, 3.05) is 12.4 Å². The van der Waals surface area contributed by atoms with Crippen LogP contribution in [0.15, 0.2) is 0 Å². The van der Waals surface area contributed by atoms with Gasteiger partial charge in [0.25, 0.3) is 0 Å². The van der Waals surface area contributed by atoms with Gasteiger partial charge in [0.1, 0.15) is 0 Å². The lowest BCUT2D eigenvalue weighted by molar-refractivity contribution is 0.195. The second-order valence-corrected chi connectivity index (χ2v) is 9.54. The molecule has 0 aliphatic rings. The van der Waals surface area contributed by atoms with Crippen LogP contribution in [0.3, 0.4) is 0 Å². The summed E-state index contributed by atoms with van der Waals surface area (Å²) in [7, 11) is 0. The van der Waals surface area contributed by atoms with Crippen LogP contribution in [-0.4, -0.2) is 18.5 Å². The number of hydrogen-bond acceptors (Lipinski definition) is 4. The summed E-state index contributed by atoms with van der Waals surface area (Å²) < 4.78 is 11.4. The first kappa shape index (κ1) is 14.9. The molecule has 0 heterocycles. The van der Waals surface area contributed by atoms with Gasteiger partial charge in [0.2, 0.25) is 5.69 Å². The van der Waals surface area contributed by atoms with E-state index in [-0.39, 0.29) is 6.10 Å². The molecule has 0 amide bonds. The first-order valence-corrected chi connectivity index (χ1v) is 9.38. The smallest absolute Gasteiger partial charge is 0.247 e. The minimum Gasteiger partial charge on any atom is -0.322 e. The lowest BCUT2D eigenvalue weighted by atomic mass is 10.2. The Kier molecular flexibility index (Phi) is 8.65. The van der Waals surface area contributed by atoms with Crippen LogP contribution in [0.1, 0.15) is 40.5 Å². The summed E-state index contributed by atoms with van der Waals surface area (Å²) in [5.41, 5.74) is -2.06. The van der Waals surface area contributed by atoms with Crippen LogP contribution in [0.4, 0.5) is 0 Å². The Morgan fingerprint density at radius 2 is 2.00 bits per heavy atom. The van der Waals surface area contributed by atoms with E-state index in [1.54, 1.807) is 11.4 Å². The molecule has 0 spiro atoms. The molecular weight excluding hydrogens is 235 g/mol. The van der Waals surface area contributed by atoms with Gasteiger partial charge in [-0.25, -0.2) is 0 Å². The highest BCUT2D eigenvalue weighted by Crippen LogP contribution is 2.61. The Hall–Kier alpha value is 0.920. The molecule has 0 saturated carbocycles. The van der Waals surface area contributed by atoms with Gasteiger partial charge in [-0.2, -0.15) is 0 Å².